The first kappa shape index (κ1) is 45.1. The number of H-pyrrole nitrogens is 1. The van der Waals surface area contributed by atoms with Gasteiger partial charge in [0.2, 0.25) is 11.8 Å². The van der Waals surface area contributed by atoms with Crippen molar-refractivity contribution in [2.45, 2.75) is 109 Å². The Labute approximate surface area is 372 Å². The predicted molar refractivity (Wildman–Crippen MR) is 249 cm³/mol. The molecule has 1 saturated heterocycles. The van der Waals surface area contributed by atoms with E-state index in [1.807, 2.05) is 42.5 Å². The van der Waals surface area contributed by atoms with Crippen molar-refractivity contribution < 1.29 is 9.59 Å². The van der Waals surface area contributed by atoms with Crippen LogP contribution < -0.4 is 15.4 Å². The number of amides is 2. The zero-order valence-corrected chi connectivity index (χ0v) is 37.0. The summed E-state index contributed by atoms with van der Waals surface area (Å²) in [5.41, 5.74) is 0.864. The zero-order chi connectivity index (χ0) is 42.4. The van der Waals surface area contributed by atoms with Crippen LogP contribution in [-0.4, -0.2) is 33.5 Å². The van der Waals surface area contributed by atoms with Crippen LogP contribution in [0, 0.1) is 0 Å². The number of unbranched alkanes of at least 4 members (excludes halogenated alkanes) is 10. The Kier molecular flexibility index (Phi) is 16.9. The van der Waals surface area contributed by atoms with E-state index in [-0.39, 0.29) is 58.4 Å². The SMILES string of the molecule is CCCCCCCCCCCC/C=C/CCC(Cl)CN(c1ccccc1N1C(=O)CCC1=O)c1[nH]n(-c2c(Cl)cc(Cl)cc2Cl)c(=O)c1/N=N/c1cccc2ccccc12. The molecule has 1 unspecified atom stereocenters. The molecule has 0 aliphatic carbocycles. The van der Waals surface area contributed by atoms with Crippen LogP contribution in [0.1, 0.15) is 103 Å². The summed E-state index contributed by atoms with van der Waals surface area (Å²) >= 11 is 26.8. The fourth-order valence-electron chi connectivity index (χ4n) is 7.59. The van der Waals surface area contributed by atoms with E-state index < -0.39 is 10.9 Å². The monoisotopic (exact) mass is 888 g/mol. The predicted octanol–water partition coefficient (Wildman–Crippen LogP) is 14.7. The van der Waals surface area contributed by atoms with Gasteiger partial charge in [-0.1, -0.05) is 160 Å². The van der Waals surface area contributed by atoms with Gasteiger partial charge in [-0.05, 0) is 61.4 Å². The summed E-state index contributed by atoms with van der Waals surface area (Å²) in [6.45, 7) is 2.42. The lowest BCUT2D eigenvalue weighted by Crippen LogP contribution is -2.32. The number of anilines is 3. The highest BCUT2D eigenvalue weighted by Gasteiger charge is 2.34. The van der Waals surface area contributed by atoms with Gasteiger partial charge in [0.1, 0.15) is 5.69 Å². The molecule has 6 rings (SSSR count). The Balaban J connectivity index is 1.31. The standard InChI is InChI=1S/C47H52Cl4N6O3/c1-2-3-4-5-6-7-8-9-10-11-12-13-14-15-23-34(48)32-55(40-26-18-19-27-41(40)56-42(58)28-29-43(56)59)46-44(53-52-39-25-20-22-33-21-16-17-24-36(33)39)47(60)57(54-46)45-37(50)30-35(49)31-38(45)51/h13-14,16-22,24-27,30-31,34,54H,2-12,15,23,28-29,32H2,1H3/b14-13+,53-52+. The number of nitrogens with one attached hydrogen (secondary N) is 1. The molecular formula is C47H52Cl4N6O3. The van der Waals surface area contributed by atoms with Crippen molar-refractivity contribution in [3.05, 3.63) is 116 Å². The minimum atomic E-state index is -0.600. The number of hydrogen-bond acceptors (Lipinski definition) is 6. The Morgan fingerprint density at radius 2 is 1.37 bits per heavy atom. The summed E-state index contributed by atoms with van der Waals surface area (Å²) in [7, 11) is 0. The molecule has 13 heteroatoms. The number of fused-ring (bicyclic) bond motifs is 1. The minimum Gasteiger partial charge on any atom is -0.321 e. The van der Waals surface area contributed by atoms with Crippen molar-refractivity contribution in [3.8, 4) is 5.69 Å². The molecule has 1 aliphatic heterocycles. The van der Waals surface area contributed by atoms with E-state index in [9.17, 15) is 14.4 Å². The van der Waals surface area contributed by atoms with Gasteiger partial charge in [0, 0.05) is 29.8 Å². The second-order valence-electron chi connectivity index (χ2n) is 15.2. The molecular weight excluding hydrogens is 838 g/mol. The van der Waals surface area contributed by atoms with Crippen LogP contribution in [0.25, 0.3) is 16.5 Å². The van der Waals surface area contributed by atoms with Gasteiger partial charge in [-0.25, -0.2) is 9.58 Å². The first-order chi connectivity index (χ1) is 29.2. The minimum absolute atomic E-state index is 0.0702. The maximum atomic E-state index is 14.6. The lowest BCUT2D eigenvalue weighted by atomic mass is 10.1. The highest BCUT2D eigenvalue weighted by molar-refractivity contribution is 6.40. The van der Waals surface area contributed by atoms with Gasteiger partial charge in [0.15, 0.2) is 11.5 Å². The molecule has 9 nitrogen and oxygen atoms in total. The van der Waals surface area contributed by atoms with Gasteiger partial charge >= 0.3 is 5.56 Å². The highest BCUT2D eigenvalue weighted by atomic mass is 35.5. The van der Waals surface area contributed by atoms with Crippen molar-refractivity contribution in [2.75, 3.05) is 16.3 Å². The molecule has 316 valence electrons. The van der Waals surface area contributed by atoms with Crippen molar-refractivity contribution in [1.82, 2.24) is 9.78 Å². The molecule has 4 aromatic carbocycles. The third-order valence-corrected chi connectivity index (χ3v) is 11.9. The number of alkyl halides is 1. The van der Waals surface area contributed by atoms with Crippen LogP contribution >= 0.6 is 46.4 Å². The van der Waals surface area contributed by atoms with Gasteiger partial charge in [-0.15, -0.1) is 21.8 Å². The van der Waals surface area contributed by atoms with E-state index in [0.717, 1.165) is 30.0 Å². The van der Waals surface area contributed by atoms with Crippen molar-refractivity contribution in [3.63, 3.8) is 0 Å². The van der Waals surface area contributed by atoms with E-state index in [0.29, 0.717) is 28.5 Å². The summed E-state index contributed by atoms with van der Waals surface area (Å²) in [5.74, 6) is -0.423. The molecule has 2 amide bonds. The van der Waals surface area contributed by atoms with E-state index >= 15 is 0 Å². The van der Waals surface area contributed by atoms with Crippen molar-refractivity contribution >= 4 is 97.6 Å². The summed E-state index contributed by atoms with van der Waals surface area (Å²) < 4.78 is 1.20. The highest BCUT2D eigenvalue weighted by Crippen LogP contribution is 2.41. The molecule has 1 N–H and O–H groups in total. The second-order valence-corrected chi connectivity index (χ2v) is 17.1. The fraction of sp³-hybridized carbons (Fsp3) is 0.383. The molecule has 1 atom stereocenters. The normalized spacial score (nSPS) is 13.8. The Morgan fingerprint density at radius 1 is 0.750 bits per heavy atom. The lowest BCUT2D eigenvalue weighted by Gasteiger charge is -2.30. The molecule has 5 aromatic rings. The van der Waals surface area contributed by atoms with Crippen LogP contribution in [0.15, 0.2) is 106 Å². The Morgan fingerprint density at radius 3 is 2.08 bits per heavy atom. The second kappa shape index (κ2) is 22.4. The number of carbonyl (C=O) groups excluding carboxylic acids is 2. The van der Waals surface area contributed by atoms with Gasteiger partial charge in [0.25, 0.3) is 0 Å². The number of nitrogens with zero attached hydrogens (tertiary/aromatic N) is 5. The van der Waals surface area contributed by atoms with Crippen molar-refractivity contribution in [1.29, 1.82) is 0 Å². The molecule has 2 heterocycles. The maximum absolute atomic E-state index is 14.6. The number of benzene rings is 4. The van der Waals surface area contributed by atoms with Crippen LogP contribution in [-0.2, 0) is 9.59 Å². The van der Waals surface area contributed by atoms with Gasteiger partial charge in [-0.2, -0.15) is 0 Å². The van der Waals surface area contributed by atoms with Crippen molar-refractivity contribution in [2.24, 2.45) is 10.2 Å². The summed E-state index contributed by atoms with van der Waals surface area (Å²) in [4.78, 5) is 43.9. The number of aromatic nitrogens is 2. The third-order valence-electron chi connectivity index (χ3n) is 10.7. The number of carbonyl (C=O) groups is 2. The number of allylic oxidation sites excluding steroid dienone is 2. The van der Waals surface area contributed by atoms with E-state index in [4.69, 9.17) is 46.4 Å². The fourth-order valence-corrected chi connectivity index (χ4v) is 8.84. The molecule has 0 spiro atoms. The number of para-hydroxylation sites is 2. The molecule has 0 bridgehead atoms. The van der Waals surface area contributed by atoms with Crippen LogP contribution in [0.5, 0.6) is 0 Å². The molecule has 1 aromatic heterocycles. The average molecular weight is 891 g/mol. The number of azo groups is 1. The number of aromatic amines is 1. The maximum Gasteiger partial charge on any atom is 0.301 e. The van der Waals surface area contributed by atoms with Gasteiger partial charge in [-0.3, -0.25) is 19.5 Å². The Hall–Kier alpha value is -4.41. The number of hydrogen-bond donors (Lipinski definition) is 1. The molecule has 60 heavy (non-hydrogen) atoms. The summed E-state index contributed by atoms with van der Waals surface area (Å²) in [6, 6.07) is 23.5. The number of rotatable bonds is 22. The number of imide groups is 1. The molecule has 0 saturated carbocycles. The van der Waals surface area contributed by atoms with Crippen LogP contribution in [0.3, 0.4) is 0 Å². The van der Waals surface area contributed by atoms with E-state index in [2.05, 4.69) is 34.4 Å². The first-order valence-electron chi connectivity index (χ1n) is 21.1. The topological polar surface area (TPSA) is 103 Å². The summed E-state index contributed by atoms with van der Waals surface area (Å²) in [5, 5.41) is 14.3. The zero-order valence-electron chi connectivity index (χ0n) is 34.0. The molecule has 1 fully saturated rings. The lowest BCUT2D eigenvalue weighted by molar-refractivity contribution is -0.121. The molecule has 1 aliphatic rings. The van der Waals surface area contributed by atoms with Gasteiger partial charge in [0.05, 0.1) is 32.5 Å². The summed E-state index contributed by atoms with van der Waals surface area (Å²) in [6.07, 6.45) is 20.0. The van der Waals surface area contributed by atoms with E-state index in [1.165, 1.54) is 79.5 Å². The smallest absolute Gasteiger partial charge is 0.301 e. The molecule has 0 radical (unpaired) electrons. The average Bonchev–Trinajstić information content (AvgIpc) is 3.74. The first-order valence-corrected chi connectivity index (χ1v) is 22.7. The quantitative estimate of drug-likeness (QED) is 0.0246. The Bertz CT molecular complexity index is 2330. The van der Waals surface area contributed by atoms with Gasteiger partial charge < -0.3 is 4.90 Å². The van der Waals surface area contributed by atoms with Crippen LogP contribution in [0.4, 0.5) is 28.6 Å². The largest absolute Gasteiger partial charge is 0.321 e. The van der Waals surface area contributed by atoms with Crippen LogP contribution in [0.2, 0.25) is 15.1 Å². The van der Waals surface area contributed by atoms with E-state index in [1.54, 1.807) is 29.2 Å². The third kappa shape index (κ3) is 11.5. The number of halogens is 4.